The van der Waals surface area contributed by atoms with Crippen molar-refractivity contribution in [2.75, 3.05) is 19.7 Å². The van der Waals surface area contributed by atoms with E-state index < -0.39 is 0 Å². The summed E-state index contributed by atoms with van der Waals surface area (Å²) in [6.07, 6.45) is 1.72. The van der Waals surface area contributed by atoms with Crippen LogP contribution in [0.5, 0.6) is 5.75 Å². The number of carbonyl (C=O) groups excluding carboxylic acids is 1. The van der Waals surface area contributed by atoms with Crippen LogP contribution in [0.1, 0.15) is 19.4 Å². The Labute approximate surface area is 176 Å². The van der Waals surface area contributed by atoms with E-state index in [2.05, 4.69) is 23.7 Å². The molecule has 1 fully saturated rings. The van der Waals surface area contributed by atoms with Crippen LogP contribution in [-0.4, -0.2) is 52.5 Å². The number of piperazine rings is 1. The molecule has 1 aliphatic heterocycles. The summed E-state index contributed by atoms with van der Waals surface area (Å²) in [5.74, 6) is 0.373. The maximum Gasteiger partial charge on any atom is 0.260 e. The first-order chi connectivity index (χ1) is 14.5. The second-order valence-corrected chi connectivity index (χ2v) is 7.92. The second-order valence-electron chi connectivity index (χ2n) is 7.92. The minimum Gasteiger partial charge on any atom is -0.481 e. The average molecular weight is 407 g/mol. The van der Waals surface area contributed by atoms with E-state index in [9.17, 15) is 9.18 Å². The van der Waals surface area contributed by atoms with E-state index in [1.807, 2.05) is 47.4 Å². The van der Waals surface area contributed by atoms with Crippen molar-refractivity contribution in [3.63, 3.8) is 0 Å². The minimum atomic E-state index is -0.225. The number of halogens is 1. The first-order valence-corrected chi connectivity index (χ1v) is 10.3. The number of benzene rings is 2. The molecule has 5 nitrogen and oxygen atoms in total. The smallest absolute Gasteiger partial charge is 0.260 e. The normalized spacial score (nSPS) is 19.8. The van der Waals surface area contributed by atoms with Crippen LogP contribution in [0.25, 0.3) is 10.9 Å². The molecule has 2 aromatic carbocycles. The molecule has 1 aliphatic rings. The van der Waals surface area contributed by atoms with Crippen molar-refractivity contribution in [1.82, 2.24) is 14.8 Å². The van der Waals surface area contributed by atoms with Crippen molar-refractivity contribution in [3.8, 4) is 5.75 Å². The lowest BCUT2D eigenvalue weighted by molar-refractivity contribution is -0.139. The first-order valence-electron chi connectivity index (χ1n) is 10.3. The Balaban J connectivity index is 1.37. The number of pyridine rings is 1. The number of carbonyl (C=O) groups is 1. The van der Waals surface area contributed by atoms with Crippen LogP contribution in [0, 0.1) is 5.82 Å². The van der Waals surface area contributed by atoms with E-state index in [1.54, 1.807) is 6.20 Å². The Kier molecular flexibility index (Phi) is 5.95. The first kappa shape index (κ1) is 20.3. The van der Waals surface area contributed by atoms with Gasteiger partial charge in [0.15, 0.2) is 6.61 Å². The lowest BCUT2D eigenvalue weighted by Crippen LogP contribution is -2.58. The van der Waals surface area contributed by atoms with Crippen molar-refractivity contribution in [1.29, 1.82) is 0 Å². The molecule has 2 atom stereocenters. The van der Waals surface area contributed by atoms with Crippen LogP contribution in [0.3, 0.4) is 0 Å². The van der Waals surface area contributed by atoms with E-state index in [0.717, 1.165) is 29.6 Å². The predicted octanol–water partition coefficient (Wildman–Crippen LogP) is 3.87. The molecule has 0 unspecified atom stereocenters. The topological polar surface area (TPSA) is 45.7 Å². The number of fused-ring (bicyclic) bond motifs is 1. The molecule has 0 aliphatic carbocycles. The van der Waals surface area contributed by atoms with Crippen LogP contribution in [-0.2, 0) is 11.3 Å². The lowest BCUT2D eigenvalue weighted by Gasteiger charge is -2.44. The van der Waals surface area contributed by atoms with Gasteiger partial charge < -0.3 is 9.64 Å². The summed E-state index contributed by atoms with van der Waals surface area (Å²) < 4.78 is 19.0. The molecule has 0 bridgehead atoms. The molecular weight excluding hydrogens is 381 g/mol. The zero-order valence-corrected chi connectivity index (χ0v) is 17.3. The zero-order valence-electron chi connectivity index (χ0n) is 17.3. The van der Waals surface area contributed by atoms with E-state index in [4.69, 9.17) is 4.74 Å². The van der Waals surface area contributed by atoms with Crippen molar-refractivity contribution >= 4 is 16.8 Å². The average Bonchev–Trinajstić information content (AvgIpc) is 2.76. The van der Waals surface area contributed by atoms with Crippen molar-refractivity contribution in [2.24, 2.45) is 0 Å². The minimum absolute atomic E-state index is 0.00922. The highest BCUT2D eigenvalue weighted by molar-refractivity contribution is 5.85. The Hall–Kier alpha value is -2.99. The summed E-state index contributed by atoms with van der Waals surface area (Å²) in [5, 5.41) is 0.985. The molecule has 156 valence electrons. The summed E-state index contributed by atoms with van der Waals surface area (Å²) in [6, 6.07) is 16.5. The fraction of sp³-hybridized carbons (Fsp3) is 0.333. The van der Waals surface area contributed by atoms with Crippen LogP contribution in [0.2, 0.25) is 0 Å². The van der Waals surface area contributed by atoms with E-state index in [1.165, 1.54) is 12.1 Å². The van der Waals surface area contributed by atoms with Crippen LogP contribution < -0.4 is 4.74 Å². The molecule has 1 aromatic heterocycles. The van der Waals surface area contributed by atoms with Gasteiger partial charge in [0.2, 0.25) is 0 Å². The maximum absolute atomic E-state index is 13.2. The Morgan fingerprint density at radius 2 is 1.83 bits per heavy atom. The zero-order chi connectivity index (χ0) is 21.1. The van der Waals surface area contributed by atoms with Gasteiger partial charge in [-0.3, -0.25) is 14.7 Å². The molecular formula is C24H26FN3O2. The number of ether oxygens (including phenoxy) is 1. The van der Waals surface area contributed by atoms with Gasteiger partial charge in [-0.05, 0) is 43.7 Å². The van der Waals surface area contributed by atoms with Gasteiger partial charge in [0, 0.05) is 43.3 Å². The Bertz CT molecular complexity index is 1020. The molecule has 1 amide bonds. The third-order valence-electron chi connectivity index (χ3n) is 5.68. The SMILES string of the molecule is C[C@@H]1CN(Cc2ccc(F)cc2)[C@@H](C)CN1C(=O)COc1cccc2cccnc12. The molecule has 3 aromatic rings. The molecule has 1 saturated heterocycles. The monoisotopic (exact) mass is 407 g/mol. The number of hydrogen-bond donors (Lipinski definition) is 0. The van der Waals surface area contributed by atoms with Gasteiger partial charge in [-0.1, -0.05) is 30.3 Å². The van der Waals surface area contributed by atoms with Gasteiger partial charge in [-0.25, -0.2) is 4.39 Å². The highest BCUT2D eigenvalue weighted by Crippen LogP contribution is 2.24. The van der Waals surface area contributed by atoms with Gasteiger partial charge in [0.25, 0.3) is 5.91 Å². The van der Waals surface area contributed by atoms with Gasteiger partial charge in [-0.2, -0.15) is 0 Å². The number of hydrogen-bond acceptors (Lipinski definition) is 4. The molecule has 0 radical (unpaired) electrons. The summed E-state index contributed by atoms with van der Waals surface area (Å²) in [5.41, 5.74) is 1.83. The lowest BCUT2D eigenvalue weighted by atomic mass is 10.1. The number of rotatable bonds is 5. The van der Waals surface area contributed by atoms with Crippen LogP contribution in [0.4, 0.5) is 4.39 Å². The number of aromatic nitrogens is 1. The standard InChI is InChI=1S/C24H26FN3O2/c1-17-14-28(18(2)13-27(17)15-19-8-10-21(25)11-9-19)23(29)16-30-22-7-3-5-20-6-4-12-26-24(20)22/h3-12,17-18H,13-16H2,1-2H3/t17-,18+/m0/s1. The summed E-state index contributed by atoms with van der Waals surface area (Å²) in [7, 11) is 0. The van der Waals surface area contributed by atoms with E-state index in [0.29, 0.717) is 12.3 Å². The van der Waals surface area contributed by atoms with Gasteiger partial charge in [0.1, 0.15) is 17.1 Å². The largest absolute Gasteiger partial charge is 0.481 e. The third kappa shape index (κ3) is 4.44. The summed E-state index contributed by atoms with van der Waals surface area (Å²) in [6.45, 7) is 6.31. The highest BCUT2D eigenvalue weighted by atomic mass is 19.1. The highest BCUT2D eigenvalue weighted by Gasteiger charge is 2.32. The summed E-state index contributed by atoms with van der Waals surface area (Å²) >= 11 is 0. The molecule has 4 rings (SSSR count). The van der Waals surface area contributed by atoms with Crippen molar-refractivity contribution < 1.29 is 13.9 Å². The summed E-state index contributed by atoms with van der Waals surface area (Å²) in [4.78, 5) is 21.5. The fourth-order valence-corrected chi connectivity index (χ4v) is 4.01. The Morgan fingerprint density at radius 3 is 2.63 bits per heavy atom. The van der Waals surface area contributed by atoms with Gasteiger partial charge in [-0.15, -0.1) is 0 Å². The molecule has 0 saturated carbocycles. The second kappa shape index (κ2) is 8.79. The predicted molar refractivity (Wildman–Crippen MR) is 115 cm³/mol. The Morgan fingerprint density at radius 1 is 1.07 bits per heavy atom. The molecule has 6 heteroatoms. The quantitative estimate of drug-likeness (QED) is 0.644. The van der Waals surface area contributed by atoms with Crippen LogP contribution in [0.15, 0.2) is 60.8 Å². The van der Waals surface area contributed by atoms with E-state index in [-0.39, 0.29) is 30.4 Å². The number of para-hydroxylation sites is 1. The maximum atomic E-state index is 13.2. The van der Waals surface area contributed by atoms with E-state index >= 15 is 0 Å². The third-order valence-corrected chi connectivity index (χ3v) is 5.68. The molecule has 2 heterocycles. The van der Waals surface area contributed by atoms with Crippen molar-refractivity contribution in [2.45, 2.75) is 32.5 Å². The fourth-order valence-electron chi connectivity index (χ4n) is 4.01. The molecule has 0 N–H and O–H groups in total. The molecule has 0 spiro atoms. The van der Waals surface area contributed by atoms with Gasteiger partial charge >= 0.3 is 0 Å². The van der Waals surface area contributed by atoms with Gasteiger partial charge in [0.05, 0.1) is 0 Å². The van der Waals surface area contributed by atoms with Crippen LogP contribution >= 0.6 is 0 Å². The number of nitrogens with zero attached hydrogens (tertiary/aromatic N) is 3. The molecule has 30 heavy (non-hydrogen) atoms. The number of amides is 1. The van der Waals surface area contributed by atoms with Crippen molar-refractivity contribution in [3.05, 3.63) is 72.2 Å².